The minimum Gasteiger partial charge on any atom is -0.455 e. The molecule has 1 saturated heterocycles. The van der Waals surface area contributed by atoms with Crippen molar-refractivity contribution in [2.45, 2.75) is 128 Å². The number of fused-ring (bicyclic) bond motifs is 5. The maximum absolute atomic E-state index is 15.8. The number of amides is 2. The van der Waals surface area contributed by atoms with Crippen LogP contribution in [0.1, 0.15) is 99.2 Å². The second-order valence-electron chi connectivity index (χ2n) is 20.7. The number of Topliss-reactive ketones (excluding diaryl/α,β-unsaturated/α-hetero) is 1. The van der Waals surface area contributed by atoms with E-state index in [0.717, 1.165) is 13.8 Å². The summed E-state index contributed by atoms with van der Waals surface area (Å²) in [6.07, 6.45) is -12.2. The lowest BCUT2D eigenvalue weighted by atomic mass is 9.44. The van der Waals surface area contributed by atoms with E-state index in [0.29, 0.717) is 5.56 Å². The number of rotatable bonds is 15. The van der Waals surface area contributed by atoms with Crippen molar-refractivity contribution in [2.75, 3.05) is 6.61 Å². The van der Waals surface area contributed by atoms with Crippen molar-refractivity contribution in [3.05, 3.63) is 155 Å². The minimum absolute atomic E-state index is 0.0224. The van der Waals surface area contributed by atoms with Crippen LogP contribution in [0.2, 0.25) is 0 Å². The molecule has 12 atom stereocenters. The van der Waals surface area contributed by atoms with Crippen LogP contribution in [0.25, 0.3) is 0 Å². The zero-order chi connectivity index (χ0) is 55.6. The zero-order valence-electron chi connectivity index (χ0n) is 43.6. The molecule has 406 valence electrons. The van der Waals surface area contributed by atoms with Crippen LogP contribution < -0.4 is 10.6 Å². The van der Waals surface area contributed by atoms with Gasteiger partial charge in [-0.1, -0.05) is 111 Å². The van der Waals surface area contributed by atoms with Crippen molar-refractivity contribution in [1.82, 2.24) is 10.6 Å². The Morgan fingerprint density at radius 2 is 1.34 bits per heavy atom. The van der Waals surface area contributed by atoms with E-state index in [-0.39, 0.29) is 47.5 Å². The van der Waals surface area contributed by atoms with Gasteiger partial charge in [0.2, 0.25) is 6.10 Å². The molecule has 77 heavy (non-hydrogen) atoms. The average Bonchev–Trinajstić information content (AvgIpc) is 3.44. The number of esters is 5. The van der Waals surface area contributed by atoms with Crippen LogP contribution in [-0.2, 0) is 63.7 Å². The normalized spacial score (nSPS) is 28.1. The number of alkyl carbamates (subject to hydrolysis) is 1. The summed E-state index contributed by atoms with van der Waals surface area (Å²) < 4.78 is 42.2. The number of benzene rings is 4. The highest BCUT2D eigenvalue weighted by atomic mass is 16.6. The Balaban J connectivity index is 1.26. The first-order valence-electron chi connectivity index (χ1n) is 25.2. The van der Waals surface area contributed by atoms with E-state index in [1.54, 1.807) is 97.1 Å². The van der Waals surface area contributed by atoms with Gasteiger partial charge in [-0.05, 0) is 67.3 Å². The molecule has 1 aliphatic heterocycles. The molecule has 19 heteroatoms. The number of nitrogens with one attached hydrogen (secondary N) is 2. The molecular weight excluding hydrogens is 997 g/mol. The maximum Gasteiger partial charge on any atom is 0.408 e. The molecule has 4 aromatic rings. The first kappa shape index (κ1) is 55.5. The quantitative estimate of drug-likeness (QED) is 0.0641. The first-order chi connectivity index (χ1) is 36.5. The molecule has 3 fully saturated rings. The van der Waals surface area contributed by atoms with Gasteiger partial charge in [0.05, 0.1) is 29.6 Å². The standard InChI is InChI=1S/C58H62N2O17/c1-32-40(74-53(68)46(75-51(66)33(2)59-54(69)71-30-36-20-12-8-13-21-36)44(37-22-14-9-15-23-37)60-50(65)38-24-16-10-17-25-38)29-58(70)49(76-52(67)39-26-18-11-19-27-39)47-56(7,41(63)28-42-57(47,31-72-42)77-35(4)62)48(64)45(73-34(3)61)43(32)55(58,5)6/h8-27,33,40-42,44-47,49,63,70H,28-31H2,1-7H3,(H,59,69)(H,60,65)/t33-,40-,41-,42+,44-,45+,46+,47-,49-,56+,57-,58+/m0/s1. The summed E-state index contributed by atoms with van der Waals surface area (Å²) in [7, 11) is 0. The Labute approximate surface area is 444 Å². The molecule has 1 heterocycles. The minimum atomic E-state index is -2.52. The average molecular weight is 1060 g/mol. The lowest BCUT2D eigenvalue weighted by molar-refractivity contribution is -0.346. The van der Waals surface area contributed by atoms with E-state index < -0.39 is 131 Å². The molecule has 8 rings (SSSR count). The van der Waals surface area contributed by atoms with Crippen molar-refractivity contribution < 1.29 is 81.7 Å². The third-order valence-electron chi connectivity index (χ3n) is 15.6. The van der Waals surface area contributed by atoms with Gasteiger partial charge in [0, 0.05) is 37.7 Å². The largest absolute Gasteiger partial charge is 0.455 e. The number of carbonyl (C=O) groups is 8. The number of hydrogen-bond donors (Lipinski definition) is 4. The summed E-state index contributed by atoms with van der Waals surface area (Å²) in [6, 6.07) is 29.5. The molecule has 19 nitrogen and oxygen atoms in total. The molecule has 4 N–H and O–H groups in total. The number of ketones is 1. The highest BCUT2D eigenvalue weighted by Crippen LogP contribution is 2.64. The fourth-order valence-corrected chi connectivity index (χ4v) is 11.5. The smallest absolute Gasteiger partial charge is 0.408 e. The SMILES string of the molecule is CC(=O)O[C@H]1C(=O)[C@@]2(C)[C@H]([C@H](OC(=O)c3ccccc3)[C@]3(O)C[C@H](OC(=O)[C@H](OC(=O)[C@H](C)NC(=O)OCc4ccccc4)[C@@H](NC(=O)c4ccccc4)c4ccccc4)C(C)=C1C3(C)C)[C@]1(OC(C)=O)CO[C@@H]1C[C@@H]2O. The number of aliphatic hydroxyl groups is 2. The second kappa shape index (κ2) is 22.1. The van der Waals surface area contributed by atoms with Gasteiger partial charge in [-0.25, -0.2) is 19.2 Å². The van der Waals surface area contributed by atoms with E-state index in [4.69, 9.17) is 33.2 Å². The van der Waals surface area contributed by atoms with Crippen molar-refractivity contribution >= 4 is 47.6 Å². The zero-order valence-corrected chi connectivity index (χ0v) is 43.6. The van der Waals surface area contributed by atoms with Gasteiger partial charge in [-0.15, -0.1) is 0 Å². The lowest BCUT2D eigenvalue weighted by Crippen LogP contribution is -2.82. The molecule has 2 bridgehead atoms. The maximum atomic E-state index is 15.8. The summed E-state index contributed by atoms with van der Waals surface area (Å²) >= 11 is 0. The van der Waals surface area contributed by atoms with Crippen LogP contribution in [0, 0.1) is 16.7 Å². The van der Waals surface area contributed by atoms with Crippen LogP contribution in [0.5, 0.6) is 0 Å². The molecule has 4 aromatic carbocycles. The Morgan fingerprint density at radius 3 is 1.91 bits per heavy atom. The fourth-order valence-electron chi connectivity index (χ4n) is 11.5. The highest BCUT2D eigenvalue weighted by Gasteiger charge is 2.78. The highest BCUT2D eigenvalue weighted by molar-refractivity contribution is 5.96. The van der Waals surface area contributed by atoms with Gasteiger partial charge in [-0.3, -0.25) is 19.2 Å². The van der Waals surface area contributed by atoms with Crippen molar-refractivity contribution in [2.24, 2.45) is 16.7 Å². The Morgan fingerprint density at radius 1 is 0.753 bits per heavy atom. The Hall–Kier alpha value is -7.74. The van der Waals surface area contributed by atoms with E-state index in [9.17, 15) is 39.0 Å². The molecule has 0 unspecified atom stereocenters. The summed E-state index contributed by atoms with van der Waals surface area (Å²) in [5.74, 6) is -8.48. The molecule has 2 amide bonds. The van der Waals surface area contributed by atoms with Crippen LogP contribution in [0.3, 0.4) is 0 Å². The molecule has 2 saturated carbocycles. The number of ether oxygens (including phenoxy) is 7. The molecule has 4 aliphatic rings. The molecule has 0 aromatic heterocycles. The first-order valence-corrected chi connectivity index (χ1v) is 25.2. The van der Waals surface area contributed by atoms with Crippen molar-refractivity contribution in [3.8, 4) is 0 Å². The summed E-state index contributed by atoms with van der Waals surface area (Å²) in [5, 5.41) is 31.5. The van der Waals surface area contributed by atoms with Gasteiger partial charge in [0.15, 0.2) is 17.5 Å². The van der Waals surface area contributed by atoms with Crippen LogP contribution >= 0.6 is 0 Å². The molecular formula is C58H62N2O17. The van der Waals surface area contributed by atoms with Crippen molar-refractivity contribution in [1.29, 1.82) is 0 Å². The van der Waals surface area contributed by atoms with Crippen LogP contribution in [0.4, 0.5) is 4.79 Å². The van der Waals surface area contributed by atoms with E-state index in [2.05, 4.69) is 10.6 Å². The topological polar surface area (TPSA) is 266 Å². The van der Waals surface area contributed by atoms with Crippen molar-refractivity contribution in [3.63, 3.8) is 0 Å². The predicted octanol–water partition coefficient (Wildman–Crippen LogP) is 5.60. The number of carbonyl (C=O) groups excluding carboxylic acids is 8. The number of aliphatic hydroxyl groups excluding tert-OH is 1. The Kier molecular flexibility index (Phi) is 15.9. The molecule has 0 radical (unpaired) electrons. The third kappa shape index (κ3) is 10.6. The van der Waals surface area contributed by atoms with Crippen LogP contribution in [0.15, 0.2) is 132 Å². The second-order valence-corrected chi connectivity index (χ2v) is 20.7. The van der Waals surface area contributed by atoms with Gasteiger partial charge < -0.3 is 54.0 Å². The third-order valence-corrected chi connectivity index (χ3v) is 15.6. The lowest BCUT2D eigenvalue weighted by Gasteiger charge is -2.67. The fraction of sp³-hybridized carbons (Fsp3) is 0.414. The monoisotopic (exact) mass is 1060 g/mol. The Bertz CT molecular complexity index is 2930. The number of hydrogen-bond acceptors (Lipinski definition) is 17. The van der Waals surface area contributed by atoms with E-state index in [1.165, 1.54) is 58.9 Å². The summed E-state index contributed by atoms with van der Waals surface area (Å²) in [5.41, 5.74) is -7.16. The van der Waals surface area contributed by atoms with Crippen LogP contribution in [-0.4, -0.2) is 118 Å². The summed E-state index contributed by atoms with van der Waals surface area (Å²) in [6.45, 7) is 8.89. The van der Waals surface area contributed by atoms with Gasteiger partial charge in [0.25, 0.3) is 5.91 Å². The van der Waals surface area contributed by atoms with Gasteiger partial charge >= 0.3 is 35.9 Å². The van der Waals surface area contributed by atoms with E-state index in [1.807, 2.05) is 0 Å². The molecule has 3 aliphatic carbocycles. The molecule has 0 spiro atoms. The van der Waals surface area contributed by atoms with E-state index >= 15 is 9.59 Å². The van der Waals surface area contributed by atoms with Gasteiger partial charge in [-0.2, -0.15) is 0 Å². The van der Waals surface area contributed by atoms with Gasteiger partial charge in [0.1, 0.15) is 42.6 Å². The predicted molar refractivity (Wildman–Crippen MR) is 271 cm³/mol. The summed E-state index contributed by atoms with van der Waals surface area (Å²) in [4.78, 5) is 114.